The number of thiophene rings is 1. The Morgan fingerprint density at radius 1 is 1.64 bits per heavy atom. The molecule has 0 aliphatic rings. The highest BCUT2D eigenvalue weighted by Gasteiger charge is 2.01. The molecule has 2 heterocycles. The number of rotatable bonds is 0. The molecule has 0 aliphatic heterocycles. The zero-order valence-electron chi connectivity index (χ0n) is 5.92. The van der Waals surface area contributed by atoms with Crippen LogP contribution in [0.2, 0.25) is 0 Å². The standard InChI is InChI=1S/C7H6N2OS/c1-4-6-5(2-3-11-6)7(10)9-8-4/h2-3H,1H3,(H,9,10). The van der Waals surface area contributed by atoms with Gasteiger partial charge in [-0.3, -0.25) is 4.79 Å². The third-order valence-electron chi connectivity index (χ3n) is 1.56. The summed E-state index contributed by atoms with van der Waals surface area (Å²) in [5.74, 6) is 0. The van der Waals surface area contributed by atoms with Crippen LogP contribution in [0.5, 0.6) is 0 Å². The van der Waals surface area contributed by atoms with Gasteiger partial charge >= 0.3 is 0 Å². The van der Waals surface area contributed by atoms with E-state index in [-0.39, 0.29) is 5.56 Å². The highest BCUT2D eigenvalue weighted by Crippen LogP contribution is 2.18. The van der Waals surface area contributed by atoms with Gasteiger partial charge in [0, 0.05) is 0 Å². The van der Waals surface area contributed by atoms with Crippen molar-refractivity contribution >= 4 is 21.4 Å². The lowest BCUT2D eigenvalue weighted by atomic mass is 10.3. The van der Waals surface area contributed by atoms with Gasteiger partial charge in [-0.2, -0.15) is 5.10 Å². The Labute approximate surface area is 66.7 Å². The van der Waals surface area contributed by atoms with Crippen LogP contribution in [0.15, 0.2) is 16.2 Å². The van der Waals surface area contributed by atoms with E-state index in [2.05, 4.69) is 10.2 Å². The number of nitrogens with zero attached hydrogens (tertiary/aromatic N) is 1. The minimum absolute atomic E-state index is 0.105. The van der Waals surface area contributed by atoms with Crippen LogP contribution in [-0.2, 0) is 0 Å². The maximum atomic E-state index is 11.1. The van der Waals surface area contributed by atoms with Crippen LogP contribution < -0.4 is 5.56 Å². The Hall–Kier alpha value is -1.16. The molecule has 0 spiro atoms. The van der Waals surface area contributed by atoms with Gasteiger partial charge < -0.3 is 0 Å². The van der Waals surface area contributed by atoms with Crippen molar-refractivity contribution in [1.29, 1.82) is 0 Å². The van der Waals surface area contributed by atoms with Crippen molar-refractivity contribution in [2.45, 2.75) is 6.92 Å². The Bertz CT molecular complexity index is 443. The van der Waals surface area contributed by atoms with Crippen LogP contribution in [0.3, 0.4) is 0 Å². The quantitative estimate of drug-likeness (QED) is 0.641. The van der Waals surface area contributed by atoms with Crippen LogP contribution in [-0.4, -0.2) is 10.2 Å². The summed E-state index contributed by atoms with van der Waals surface area (Å²) in [5.41, 5.74) is 0.779. The second kappa shape index (κ2) is 2.17. The maximum Gasteiger partial charge on any atom is 0.272 e. The Balaban J connectivity index is 3.08. The SMILES string of the molecule is Cc1n[nH]c(=O)c2ccsc12. The molecule has 0 radical (unpaired) electrons. The molecule has 0 fully saturated rings. The van der Waals surface area contributed by atoms with Crippen LogP contribution in [0, 0.1) is 6.92 Å². The first-order valence-electron chi connectivity index (χ1n) is 3.21. The smallest absolute Gasteiger partial charge is 0.267 e. The molecule has 0 saturated heterocycles. The van der Waals surface area contributed by atoms with Gasteiger partial charge in [-0.15, -0.1) is 11.3 Å². The molecule has 56 valence electrons. The number of hydrogen-bond donors (Lipinski definition) is 1. The van der Waals surface area contributed by atoms with Crippen molar-refractivity contribution < 1.29 is 0 Å². The fourth-order valence-corrected chi connectivity index (χ4v) is 1.86. The summed E-state index contributed by atoms with van der Waals surface area (Å²) in [6.07, 6.45) is 0. The van der Waals surface area contributed by atoms with E-state index in [1.165, 1.54) is 0 Å². The molecule has 0 amide bonds. The normalized spacial score (nSPS) is 10.6. The summed E-state index contributed by atoms with van der Waals surface area (Å²) >= 11 is 1.55. The average molecular weight is 166 g/mol. The molecule has 0 bridgehead atoms. The van der Waals surface area contributed by atoms with Crippen LogP contribution in [0.1, 0.15) is 5.69 Å². The van der Waals surface area contributed by atoms with Gasteiger partial charge in [0.1, 0.15) is 0 Å². The fourth-order valence-electron chi connectivity index (χ4n) is 1.01. The van der Waals surface area contributed by atoms with E-state index in [9.17, 15) is 4.79 Å². The minimum atomic E-state index is -0.105. The van der Waals surface area contributed by atoms with Crippen LogP contribution in [0.4, 0.5) is 0 Å². The van der Waals surface area contributed by atoms with Crippen molar-refractivity contribution in [1.82, 2.24) is 10.2 Å². The fraction of sp³-hybridized carbons (Fsp3) is 0.143. The Morgan fingerprint density at radius 3 is 3.18 bits per heavy atom. The monoisotopic (exact) mass is 166 g/mol. The van der Waals surface area contributed by atoms with Crippen molar-refractivity contribution in [2.75, 3.05) is 0 Å². The Kier molecular flexibility index (Phi) is 1.29. The molecule has 2 aromatic heterocycles. The topological polar surface area (TPSA) is 45.8 Å². The molecule has 11 heavy (non-hydrogen) atoms. The maximum absolute atomic E-state index is 11.1. The summed E-state index contributed by atoms with van der Waals surface area (Å²) in [7, 11) is 0. The van der Waals surface area contributed by atoms with Crippen molar-refractivity contribution in [3.05, 3.63) is 27.5 Å². The molecular weight excluding hydrogens is 160 g/mol. The molecule has 4 heteroatoms. The van der Waals surface area contributed by atoms with E-state index in [1.54, 1.807) is 11.3 Å². The number of H-pyrrole nitrogens is 1. The first-order valence-corrected chi connectivity index (χ1v) is 4.09. The minimum Gasteiger partial charge on any atom is -0.267 e. The first-order chi connectivity index (χ1) is 5.29. The van der Waals surface area contributed by atoms with E-state index in [0.29, 0.717) is 0 Å². The molecular formula is C7H6N2OS. The average Bonchev–Trinajstić information content (AvgIpc) is 2.45. The molecule has 0 aromatic carbocycles. The first kappa shape index (κ1) is 6.54. The number of aryl methyl sites for hydroxylation is 1. The lowest BCUT2D eigenvalue weighted by molar-refractivity contribution is 0.973. The largest absolute Gasteiger partial charge is 0.272 e. The van der Waals surface area contributed by atoms with Crippen molar-refractivity contribution in [3.63, 3.8) is 0 Å². The highest BCUT2D eigenvalue weighted by molar-refractivity contribution is 7.17. The number of hydrogen-bond acceptors (Lipinski definition) is 3. The summed E-state index contributed by atoms with van der Waals surface area (Å²) < 4.78 is 0.980. The molecule has 2 aromatic rings. The molecule has 0 aliphatic carbocycles. The number of aromatic nitrogens is 2. The molecule has 1 N–H and O–H groups in total. The van der Waals surface area contributed by atoms with Gasteiger partial charge in [0.05, 0.1) is 15.8 Å². The number of aromatic amines is 1. The second-order valence-corrected chi connectivity index (χ2v) is 3.22. The Morgan fingerprint density at radius 2 is 2.45 bits per heavy atom. The summed E-state index contributed by atoms with van der Waals surface area (Å²) in [4.78, 5) is 11.1. The highest BCUT2D eigenvalue weighted by atomic mass is 32.1. The van der Waals surface area contributed by atoms with Crippen molar-refractivity contribution in [2.24, 2.45) is 0 Å². The van der Waals surface area contributed by atoms with Gasteiger partial charge in [0.25, 0.3) is 5.56 Å². The summed E-state index contributed by atoms with van der Waals surface area (Å²) in [6, 6.07) is 1.81. The van der Waals surface area contributed by atoms with Gasteiger partial charge in [-0.25, -0.2) is 5.10 Å². The second-order valence-electron chi connectivity index (χ2n) is 2.30. The predicted octanol–water partition coefficient (Wildman–Crippen LogP) is 1.29. The van der Waals surface area contributed by atoms with Gasteiger partial charge in [0.15, 0.2) is 0 Å². The van der Waals surface area contributed by atoms with Gasteiger partial charge in [-0.1, -0.05) is 0 Å². The third kappa shape index (κ3) is 0.867. The zero-order chi connectivity index (χ0) is 7.84. The van der Waals surface area contributed by atoms with Crippen LogP contribution >= 0.6 is 11.3 Å². The predicted molar refractivity (Wildman–Crippen MR) is 45.0 cm³/mol. The van der Waals surface area contributed by atoms with E-state index >= 15 is 0 Å². The molecule has 0 saturated carbocycles. The van der Waals surface area contributed by atoms with E-state index in [4.69, 9.17) is 0 Å². The summed E-state index contributed by atoms with van der Waals surface area (Å²) in [6.45, 7) is 1.88. The van der Waals surface area contributed by atoms with Crippen LogP contribution in [0.25, 0.3) is 10.1 Å². The molecule has 2 rings (SSSR count). The van der Waals surface area contributed by atoms with Crippen molar-refractivity contribution in [3.8, 4) is 0 Å². The van der Waals surface area contributed by atoms with E-state index < -0.39 is 0 Å². The van der Waals surface area contributed by atoms with E-state index in [0.717, 1.165) is 15.8 Å². The van der Waals surface area contributed by atoms with Gasteiger partial charge in [0.2, 0.25) is 0 Å². The zero-order valence-corrected chi connectivity index (χ0v) is 6.73. The molecule has 0 atom stereocenters. The third-order valence-corrected chi connectivity index (χ3v) is 2.59. The van der Waals surface area contributed by atoms with Gasteiger partial charge in [-0.05, 0) is 18.4 Å². The number of fused-ring (bicyclic) bond motifs is 1. The lowest BCUT2D eigenvalue weighted by Crippen LogP contribution is -2.07. The summed E-state index contributed by atoms with van der Waals surface area (Å²) in [5, 5.41) is 8.92. The number of nitrogens with one attached hydrogen (secondary N) is 1. The lowest BCUT2D eigenvalue weighted by Gasteiger charge is -1.90. The molecule has 0 unspecified atom stereocenters. The molecule has 3 nitrogen and oxygen atoms in total. The van der Waals surface area contributed by atoms with E-state index in [1.807, 2.05) is 18.4 Å².